The van der Waals surface area contributed by atoms with E-state index in [1.807, 2.05) is 0 Å². The van der Waals surface area contributed by atoms with Gasteiger partial charge in [0, 0.05) is 16.1 Å². The fourth-order valence-corrected chi connectivity index (χ4v) is 1.95. The highest BCUT2D eigenvalue weighted by molar-refractivity contribution is 9.10. The lowest BCUT2D eigenvalue weighted by atomic mass is 10.0. The molecule has 2 N–H and O–H groups in total. The van der Waals surface area contributed by atoms with E-state index >= 15 is 0 Å². The number of hydrogen-bond acceptors (Lipinski definition) is 1. The van der Waals surface area contributed by atoms with Gasteiger partial charge in [-0.05, 0) is 24.6 Å². The van der Waals surface area contributed by atoms with Gasteiger partial charge in [-0.25, -0.2) is 4.39 Å². The lowest BCUT2D eigenvalue weighted by Gasteiger charge is -2.12. The highest BCUT2D eigenvalue weighted by Gasteiger charge is 2.11. The van der Waals surface area contributed by atoms with Crippen LogP contribution in [0.15, 0.2) is 22.7 Å². The van der Waals surface area contributed by atoms with Crippen molar-refractivity contribution >= 4 is 15.9 Å². The van der Waals surface area contributed by atoms with Gasteiger partial charge >= 0.3 is 0 Å². The maximum Gasteiger partial charge on any atom is 0.128 e. The molecule has 0 saturated carbocycles. The molecule has 0 radical (unpaired) electrons. The molecular weight excluding hydrogens is 257 g/mol. The van der Waals surface area contributed by atoms with E-state index in [0.29, 0.717) is 5.56 Å². The van der Waals surface area contributed by atoms with Gasteiger partial charge in [0.2, 0.25) is 0 Å². The van der Waals surface area contributed by atoms with Crippen LogP contribution in [0.5, 0.6) is 0 Å². The predicted octanol–water partition coefficient (Wildman–Crippen LogP) is 4.17. The van der Waals surface area contributed by atoms with Crippen molar-refractivity contribution in [2.24, 2.45) is 5.73 Å². The third kappa shape index (κ3) is 3.92. The normalized spacial score (nSPS) is 12.8. The first-order valence-corrected chi connectivity index (χ1v) is 6.15. The minimum absolute atomic E-state index is 0.186. The number of unbranched alkanes of at least 4 members (excludes halogenated alkanes) is 2. The van der Waals surface area contributed by atoms with Crippen LogP contribution in [0, 0.1) is 5.82 Å². The lowest BCUT2D eigenvalue weighted by molar-refractivity contribution is 0.538. The van der Waals surface area contributed by atoms with Crippen LogP contribution in [0.3, 0.4) is 0 Å². The molecule has 0 saturated heterocycles. The number of hydrogen-bond donors (Lipinski definition) is 1. The summed E-state index contributed by atoms with van der Waals surface area (Å²) in [6, 6.07) is 4.73. The largest absolute Gasteiger partial charge is 0.324 e. The standard InChI is InChI=1S/C12H17BrFN/c1-2-3-4-5-12(15)10-8-9(13)6-7-11(10)14/h6-8,12H,2-5,15H2,1H3/t12-/m0/s1. The molecule has 0 bridgehead atoms. The first-order valence-electron chi connectivity index (χ1n) is 5.35. The molecule has 84 valence electrons. The molecule has 0 fully saturated rings. The average Bonchev–Trinajstić information content (AvgIpc) is 2.22. The van der Waals surface area contributed by atoms with Crippen LogP contribution < -0.4 is 5.73 Å². The van der Waals surface area contributed by atoms with Crippen LogP contribution in [-0.2, 0) is 0 Å². The fraction of sp³-hybridized carbons (Fsp3) is 0.500. The summed E-state index contributed by atoms with van der Waals surface area (Å²) in [5.41, 5.74) is 6.56. The Balaban J connectivity index is 2.64. The molecule has 1 atom stereocenters. The Bertz CT molecular complexity index is 314. The summed E-state index contributed by atoms with van der Waals surface area (Å²) in [4.78, 5) is 0. The van der Waals surface area contributed by atoms with Crippen LogP contribution in [0.1, 0.15) is 44.2 Å². The Morgan fingerprint density at radius 1 is 1.40 bits per heavy atom. The second-order valence-corrected chi connectivity index (χ2v) is 4.68. The second-order valence-electron chi connectivity index (χ2n) is 3.77. The molecule has 3 heteroatoms. The zero-order valence-corrected chi connectivity index (χ0v) is 10.6. The minimum Gasteiger partial charge on any atom is -0.324 e. The van der Waals surface area contributed by atoms with Gasteiger partial charge in [-0.15, -0.1) is 0 Å². The fourth-order valence-electron chi connectivity index (χ4n) is 1.57. The van der Waals surface area contributed by atoms with Crippen LogP contribution in [-0.4, -0.2) is 0 Å². The molecule has 0 spiro atoms. The molecule has 0 aromatic heterocycles. The summed E-state index contributed by atoms with van der Waals surface area (Å²) < 4.78 is 14.3. The maximum absolute atomic E-state index is 13.4. The van der Waals surface area contributed by atoms with Crippen LogP contribution in [0.25, 0.3) is 0 Å². The smallest absolute Gasteiger partial charge is 0.128 e. The van der Waals surface area contributed by atoms with E-state index in [2.05, 4.69) is 22.9 Å². The van der Waals surface area contributed by atoms with Gasteiger partial charge in [0.1, 0.15) is 5.82 Å². The van der Waals surface area contributed by atoms with E-state index in [-0.39, 0.29) is 11.9 Å². The van der Waals surface area contributed by atoms with Crippen molar-refractivity contribution in [1.82, 2.24) is 0 Å². The number of benzene rings is 1. The molecule has 0 aliphatic heterocycles. The third-order valence-electron chi connectivity index (χ3n) is 2.48. The molecule has 1 rings (SSSR count). The summed E-state index contributed by atoms with van der Waals surface area (Å²) in [5.74, 6) is -0.206. The van der Waals surface area contributed by atoms with E-state index in [4.69, 9.17) is 5.73 Å². The van der Waals surface area contributed by atoms with Crippen LogP contribution >= 0.6 is 15.9 Å². The second kappa shape index (κ2) is 6.23. The number of rotatable bonds is 5. The molecule has 0 aliphatic carbocycles. The number of halogens is 2. The molecule has 1 aromatic carbocycles. The van der Waals surface area contributed by atoms with E-state index in [0.717, 1.165) is 30.2 Å². The monoisotopic (exact) mass is 273 g/mol. The van der Waals surface area contributed by atoms with Crippen molar-refractivity contribution in [3.63, 3.8) is 0 Å². The first-order chi connectivity index (χ1) is 7.15. The van der Waals surface area contributed by atoms with E-state index in [1.54, 1.807) is 12.1 Å². The molecule has 1 aromatic rings. The zero-order chi connectivity index (χ0) is 11.3. The van der Waals surface area contributed by atoms with Crippen molar-refractivity contribution in [2.45, 2.75) is 38.6 Å². The summed E-state index contributed by atoms with van der Waals surface area (Å²) in [5, 5.41) is 0. The zero-order valence-electron chi connectivity index (χ0n) is 8.97. The van der Waals surface area contributed by atoms with Crippen molar-refractivity contribution in [3.8, 4) is 0 Å². The van der Waals surface area contributed by atoms with Crippen molar-refractivity contribution in [3.05, 3.63) is 34.1 Å². The maximum atomic E-state index is 13.4. The Kier molecular flexibility index (Phi) is 5.26. The van der Waals surface area contributed by atoms with Gasteiger partial charge < -0.3 is 5.73 Å². The van der Waals surface area contributed by atoms with E-state index < -0.39 is 0 Å². The highest BCUT2D eigenvalue weighted by Crippen LogP contribution is 2.23. The molecule has 0 amide bonds. The van der Waals surface area contributed by atoms with Crippen molar-refractivity contribution in [1.29, 1.82) is 0 Å². The van der Waals surface area contributed by atoms with Gasteiger partial charge in [-0.3, -0.25) is 0 Å². The predicted molar refractivity (Wildman–Crippen MR) is 65.2 cm³/mol. The Morgan fingerprint density at radius 3 is 2.80 bits per heavy atom. The molecule has 0 aliphatic rings. The highest BCUT2D eigenvalue weighted by atomic mass is 79.9. The SMILES string of the molecule is CCCCC[C@H](N)c1cc(Br)ccc1F. The summed E-state index contributed by atoms with van der Waals surface area (Å²) >= 11 is 3.32. The molecule has 0 heterocycles. The van der Waals surface area contributed by atoms with Gasteiger partial charge in [0.25, 0.3) is 0 Å². The molecule has 1 nitrogen and oxygen atoms in total. The van der Waals surface area contributed by atoms with Crippen LogP contribution in [0.4, 0.5) is 4.39 Å². The minimum atomic E-state index is -0.206. The number of nitrogens with two attached hydrogens (primary N) is 1. The Labute approximate surface area is 99.0 Å². The van der Waals surface area contributed by atoms with Gasteiger partial charge in [0.05, 0.1) is 0 Å². The Morgan fingerprint density at radius 2 is 2.13 bits per heavy atom. The lowest BCUT2D eigenvalue weighted by Crippen LogP contribution is -2.12. The molecular formula is C12H17BrFN. The average molecular weight is 274 g/mol. The van der Waals surface area contributed by atoms with E-state index in [9.17, 15) is 4.39 Å². The molecule has 15 heavy (non-hydrogen) atoms. The quantitative estimate of drug-likeness (QED) is 0.801. The van der Waals surface area contributed by atoms with Crippen molar-refractivity contribution in [2.75, 3.05) is 0 Å². The van der Waals surface area contributed by atoms with Gasteiger partial charge in [-0.2, -0.15) is 0 Å². The summed E-state index contributed by atoms with van der Waals surface area (Å²) in [6.45, 7) is 2.14. The van der Waals surface area contributed by atoms with E-state index in [1.165, 1.54) is 6.07 Å². The summed E-state index contributed by atoms with van der Waals surface area (Å²) in [6.07, 6.45) is 4.22. The van der Waals surface area contributed by atoms with Crippen molar-refractivity contribution < 1.29 is 4.39 Å². The van der Waals surface area contributed by atoms with Gasteiger partial charge in [0.15, 0.2) is 0 Å². The summed E-state index contributed by atoms with van der Waals surface area (Å²) in [7, 11) is 0. The first kappa shape index (κ1) is 12.7. The van der Waals surface area contributed by atoms with Gasteiger partial charge in [-0.1, -0.05) is 42.1 Å². The molecule has 0 unspecified atom stereocenters. The van der Waals surface area contributed by atoms with Crippen LogP contribution in [0.2, 0.25) is 0 Å². The topological polar surface area (TPSA) is 26.0 Å². The third-order valence-corrected chi connectivity index (χ3v) is 2.97. The Hall–Kier alpha value is -0.410.